The molecule has 0 aliphatic heterocycles. The highest BCUT2D eigenvalue weighted by Gasteiger charge is 2.33. The summed E-state index contributed by atoms with van der Waals surface area (Å²) in [7, 11) is 0. The summed E-state index contributed by atoms with van der Waals surface area (Å²) < 4.78 is 38.7. The number of alkyl halides is 3. The van der Waals surface area contributed by atoms with E-state index in [-0.39, 0.29) is 16.7 Å². The molecule has 0 saturated carbocycles. The maximum atomic E-state index is 12.9. The molecule has 0 fully saturated rings. The third kappa shape index (κ3) is 5.28. The van der Waals surface area contributed by atoms with Crippen LogP contribution in [0.15, 0.2) is 40.6 Å². The summed E-state index contributed by atoms with van der Waals surface area (Å²) in [6.07, 6.45) is 2.02. The Labute approximate surface area is 141 Å². The summed E-state index contributed by atoms with van der Waals surface area (Å²) >= 11 is 0.946. The van der Waals surface area contributed by atoms with Crippen molar-refractivity contribution in [3.8, 4) is 12.3 Å². The topological polar surface area (TPSA) is 50.2 Å². The Balaban J connectivity index is 2.18. The molecule has 0 spiro atoms. The largest absolute Gasteiger partial charge is 0.433 e. The van der Waals surface area contributed by atoms with Crippen LogP contribution in [-0.4, -0.2) is 21.9 Å². The summed E-state index contributed by atoms with van der Waals surface area (Å²) in [5.74, 6) is 2.43. The van der Waals surface area contributed by atoms with Gasteiger partial charge < -0.3 is 0 Å². The van der Waals surface area contributed by atoms with Crippen molar-refractivity contribution >= 4 is 23.8 Å². The van der Waals surface area contributed by atoms with E-state index in [0.29, 0.717) is 0 Å². The molecule has 0 aliphatic rings. The van der Waals surface area contributed by atoms with E-state index in [1.54, 1.807) is 0 Å². The number of terminal acetylenes is 1. The van der Waals surface area contributed by atoms with Crippen molar-refractivity contribution < 1.29 is 13.2 Å². The fourth-order valence-corrected chi connectivity index (χ4v) is 2.16. The zero-order valence-corrected chi connectivity index (χ0v) is 13.4. The van der Waals surface area contributed by atoms with Gasteiger partial charge in [0.15, 0.2) is 16.7 Å². The Morgan fingerprint density at radius 1 is 1.29 bits per heavy atom. The van der Waals surface area contributed by atoms with Gasteiger partial charge in [-0.15, -0.1) is 6.42 Å². The van der Waals surface area contributed by atoms with Gasteiger partial charge in [0, 0.05) is 6.07 Å². The van der Waals surface area contributed by atoms with Crippen LogP contribution in [0.2, 0.25) is 0 Å². The smallest absolute Gasteiger partial charge is 0.261 e. The molecule has 1 heterocycles. The second-order valence-electron chi connectivity index (χ2n) is 4.69. The molecule has 24 heavy (non-hydrogen) atoms. The highest BCUT2D eigenvalue weighted by atomic mass is 32.2. The minimum atomic E-state index is -4.58. The van der Waals surface area contributed by atoms with E-state index in [1.165, 1.54) is 6.21 Å². The van der Waals surface area contributed by atoms with Crippen LogP contribution in [0.3, 0.4) is 0 Å². The number of benzene rings is 1. The molecule has 124 valence electrons. The highest BCUT2D eigenvalue weighted by Crippen LogP contribution is 2.30. The lowest BCUT2D eigenvalue weighted by Crippen LogP contribution is -2.10. The fraction of sp³-hybridized carbons (Fsp3) is 0.188. The molecule has 0 amide bonds. The monoisotopic (exact) mass is 350 g/mol. The van der Waals surface area contributed by atoms with Crippen LogP contribution in [0.1, 0.15) is 16.8 Å². The van der Waals surface area contributed by atoms with Crippen molar-refractivity contribution in [1.29, 1.82) is 0 Å². The molecule has 2 rings (SSSR count). The number of halogens is 3. The van der Waals surface area contributed by atoms with Crippen molar-refractivity contribution in [2.45, 2.75) is 18.3 Å². The number of hydrogen-bond acceptors (Lipinski definition) is 5. The standard InChI is InChI=1S/C16H13F3N4S/c1-3-8-24-15-21-13(16(17,18)19)9-14(22-15)23-20-10-12-6-4-11(2)5-7-12/h1,4-7,9-10H,8H2,2H3,(H,21,22,23)/b20-10+. The number of aryl methyl sites for hydroxylation is 1. The van der Waals surface area contributed by atoms with Gasteiger partial charge in [0.25, 0.3) is 0 Å². The minimum Gasteiger partial charge on any atom is -0.261 e. The van der Waals surface area contributed by atoms with E-state index in [9.17, 15) is 13.2 Å². The number of nitrogens with one attached hydrogen (secondary N) is 1. The molecule has 0 radical (unpaired) electrons. The van der Waals surface area contributed by atoms with Gasteiger partial charge in [-0.1, -0.05) is 47.5 Å². The number of aromatic nitrogens is 2. The number of hydrazone groups is 1. The van der Waals surface area contributed by atoms with Crippen LogP contribution < -0.4 is 5.43 Å². The summed E-state index contributed by atoms with van der Waals surface area (Å²) in [5, 5.41) is 3.84. The lowest BCUT2D eigenvalue weighted by atomic mass is 10.2. The molecule has 1 aromatic heterocycles. The first kappa shape index (κ1) is 17.8. The second-order valence-corrected chi connectivity index (χ2v) is 5.63. The van der Waals surface area contributed by atoms with Gasteiger partial charge in [-0.05, 0) is 12.5 Å². The Hall–Kier alpha value is -2.53. The van der Waals surface area contributed by atoms with Gasteiger partial charge in [-0.25, -0.2) is 9.97 Å². The predicted molar refractivity (Wildman–Crippen MR) is 89.0 cm³/mol. The van der Waals surface area contributed by atoms with Crippen LogP contribution in [0.5, 0.6) is 0 Å². The first-order valence-electron chi connectivity index (χ1n) is 6.77. The maximum absolute atomic E-state index is 12.9. The Bertz CT molecular complexity index is 764. The molecule has 1 N–H and O–H groups in total. The summed E-state index contributed by atoms with van der Waals surface area (Å²) in [5.41, 5.74) is 3.34. The number of rotatable bonds is 5. The lowest BCUT2D eigenvalue weighted by Gasteiger charge is -2.09. The first-order chi connectivity index (χ1) is 11.4. The third-order valence-corrected chi connectivity index (χ3v) is 3.50. The Morgan fingerprint density at radius 2 is 2.00 bits per heavy atom. The zero-order chi connectivity index (χ0) is 17.6. The average molecular weight is 350 g/mol. The first-order valence-corrected chi connectivity index (χ1v) is 7.75. The van der Waals surface area contributed by atoms with Crippen molar-refractivity contribution in [1.82, 2.24) is 9.97 Å². The van der Waals surface area contributed by atoms with Gasteiger partial charge in [-0.3, -0.25) is 5.43 Å². The van der Waals surface area contributed by atoms with Crippen LogP contribution in [-0.2, 0) is 6.18 Å². The lowest BCUT2D eigenvalue weighted by molar-refractivity contribution is -0.141. The zero-order valence-electron chi connectivity index (χ0n) is 12.6. The van der Waals surface area contributed by atoms with Gasteiger partial charge >= 0.3 is 6.18 Å². The Morgan fingerprint density at radius 3 is 2.62 bits per heavy atom. The van der Waals surface area contributed by atoms with E-state index in [1.807, 2.05) is 31.2 Å². The van der Waals surface area contributed by atoms with Crippen LogP contribution >= 0.6 is 11.8 Å². The van der Waals surface area contributed by atoms with Crippen LogP contribution in [0.4, 0.5) is 19.0 Å². The summed E-state index contributed by atoms with van der Waals surface area (Å²) in [4.78, 5) is 7.42. The van der Waals surface area contributed by atoms with Gasteiger partial charge in [0.2, 0.25) is 0 Å². The summed E-state index contributed by atoms with van der Waals surface area (Å²) in [6.45, 7) is 1.95. The van der Waals surface area contributed by atoms with E-state index in [0.717, 1.165) is 29.0 Å². The van der Waals surface area contributed by atoms with E-state index < -0.39 is 11.9 Å². The number of anilines is 1. The third-order valence-electron chi connectivity index (χ3n) is 2.75. The molecular formula is C16H13F3N4S. The molecule has 0 saturated heterocycles. The highest BCUT2D eigenvalue weighted by molar-refractivity contribution is 7.99. The number of hydrogen-bond donors (Lipinski definition) is 1. The van der Waals surface area contributed by atoms with Gasteiger partial charge in [-0.2, -0.15) is 18.3 Å². The van der Waals surface area contributed by atoms with Gasteiger partial charge in [0.1, 0.15) is 0 Å². The predicted octanol–water partition coefficient (Wildman–Crippen LogP) is 3.98. The molecule has 1 aromatic carbocycles. The summed E-state index contributed by atoms with van der Waals surface area (Å²) in [6, 6.07) is 8.29. The van der Waals surface area contributed by atoms with Gasteiger partial charge in [0.05, 0.1) is 12.0 Å². The molecule has 4 nitrogen and oxygen atoms in total. The Kier molecular flexibility index (Phi) is 5.82. The minimum absolute atomic E-state index is 0.0554. The number of nitrogens with zero attached hydrogens (tertiary/aromatic N) is 3. The molecular weight excluding hydrogens is 337 g/mol. The number of thioether (sulfide) groups is 1. The molecule has 8 heteroatoms. The van der Waals surface area contributed by atoms with Crippen molar-refractivity contribution in [3.63, 3.8) is 0 Å². The maximum Gasteiger partial charge on any atom is 0.433 e. The molecule has 0 bridgehead atoms. The van der Waals surface area contributed by atoms with Crippen LogP contribution in [0, 0.1) is 19.3 Å². The van der Waals surface area contributed by atoms with E-state index in [4.69, 9.17) is 6.42 Å². The molecule has 2 aromatic rings. The SMILES string of the molecule is C#CCSc1nc(N/N=C/c2ccc(C)cc2)cc(C(F)(F)F)n1. The van der Waals surface area contributed by atoms with Crippen molar-refractivity contribution in [2.24, 2.45) is 5.10 Å². The molecule has 0 unspecified atom stereocenters. The average Bonchev–Trinajstić information content (AvgIpc) is 2.54. The second kappa shape index (κ2) is 7.84. The quantitative estimate of drug-likeness (QED) is 0.291. The fourth-order valence-electron chi connectivity index (χ4n) is 1.62. The van der Waals surface area contributed by atoms with Crippen LogP contribution in [0.25, 0.3) is 0 Å². The molecule has 0 aliphatic carbocycles. The van der Waals surface area contributed by atoms with Crippen molar-refractivity contribution in [2.75, 3.05) is 11.2 Å². The molecule has 0 atom stereocenters. The van der Waals surface area contributed by atoms with Crippen molar-refractivity contribution in [3.05, 3.63) is 47.2 Å². The van der Waals surface area contributed by atoms with E-state index in [2.05, 4.69) is 26.4 Å². The van der Waals surface area contributed by atoms with E-state index >= 15 is 0 Å². The normalized spacial score (nSPS) is 11.5.